The first kappa shape index (κ1) is 18.1. The molecule has 0 unspecified atom stereocenters. The fourth-order valence-corrected chi connectivity index (χ4v) is 3.52. The normalized spacial score (nSPS) is 17.8. The molecule has 1 aliphatic rings. The van der Waals surface area contributed by atoms with Crippen LogP contribution in [0.5, 0.6) is 0 Å². The average Bonchev–Trinajstić information content (AvgIpc) is 2.56. The van der Waals surface area contributed by atoms with Gasteiger partial charge in [-0.05, 0) is 42.9 Å². The molecule has 0 spiro atoms. The van der Waals surface area contributed by atoms with E-state index in [1.165, 1.54) is 12.5 Å². The van der Waals surface area contributed by atoms with Crippen LogP contribution in [0.25, 0.3) is 0 Å². The number of thioether (sulfide) groups is 1. The van der Waals surface area contributed by atoms with Crippen LogP contribution in [0.3, 0.4) is 0 Å². The van der Waals surface area contributed by atoms with Gasteiger partial charge in [-0.15, -0.1) is 11.8 Å². The molecule has 1 fully saturated rings. The molecule has 0 atom stereocenters. The number of hydrogen-bond acceptors (Lipinski definition) is 3. The van der Waals surface area contributed by atoms with Crippen molar-refractivity contribution in [2.24, 2.45) is 4.99 Å². The van der Waals surface area contributed by atoms with Gasteiger partial charge in [-0.25, -0.2) is 4.39 Å². The highest BCUT2D eigenvalue weighted by Gasteiger charge is 2.29. The van der Waals surface area contributed by atoms with Crippen molar-refractivity contribution in [3.8, 4) is 0 Å². The molecule has 128 valence electrons. The first-order chi connectivity index (χ1) is 11.1. The Balaban J connectivity index is 1.89. The number of guanidine groups is 1. The Morgan fingerprint density at radius 1 is 1.30 bits per heavy atom. The lowest BCUT2D eigenvalue weighted by Crippen LogP contribution is -2.47. The Bertz CT molecular complexity index is 545. The summed E-state index contributed by atoms with van der Waals surface area (Å²) >= 11 is 1.59. The smallest absolute Gasteiger partial charge is 0.191 e. The summed E-state index contributed by atoms with van der Waals surface area (Å²) < 4.78 is 13.4. The molecule has 4 nitrogen and oxygen atoms in total. The maximum absolute atomic E-state index is 13.4. The van der Waals surface area contributed by atoms with Crippen LogP contribution in [0, 0.1) is 5.82 Å². The lowest BCUT2D eigenvalue weighted by Gasteiger charge is -2.32. The van der Waals surface area contributed by atoms with E-state index in [1.807, 2.05) is 6.26 Å². The van der Waals surface area contributed by atoms with Crippen molar-refractivity contribution in [3.05, 3.63) is 29.6 Å². The van der Waals surface area contributed by atoms with E-state index in [2.05, 4.69) is 15.6 Å². The van der Waals surface area contributed by atoms with Gasteiger partial charge in [-0.3, -0.25) is 4.99 Å². The van der Waals surface area contributed by atoms with Gasteiger partial charge in [0.05, 0.1) is 5.60 Å². The molecule has 1 aromatic rings. The molecule has 3 N–H and O–H groups in total. The summed E-state index contributed by atoms with van der Waals surface area (Å²) in [6.45, 7) is 0.983. The molecule has 1 saturated carbocycles. The number of rotatable bonds is 5. The molecule has 0 heterocycles. The summed E-state index contributed by atoms with van der Waals surface area (Å²) in [5, 5.41) is 16.9. The van der Waals surface area contributed by atoms with Gasteiger partial charge in [0.2, 0.25) is 0 Å². The van der Waals surface area contributed by atoms with Crippen molar-refractivity contribution >= 4 is 17.7 Å². The molecule has 2 rings (SSSR count). The number of nitrogens with zero attached hydrogens (tertiary/aromatic N) is 1. The maximum Gasteiger partial charge on any atom is 0.191 e. The van der Waals surface area contributed by atoms with E-state index < -0.39 is 5.60 Å². The Hall–Kier alpha value is -1.27. The van der Waals surface area contributed by atoms with Crippen LogP contribution in [0.4, 0.5) is 4.39 Å². The van der Waals surface area contributed by atoms with Crippen LogP contribution in [0.2, 0.25) is 0 Å². The molecular formula is C17H26FN3OS. The van der Waals surface area contributed by atoms with Crippen molar-refractivity contribution in [1.82, 2.24) is 10.6 Å². The van der Waals surface area contributed by atoms with E-state index >= 15 is 0 Å². The third kappa shape index (κ3) is 5.39. The minimum atomic E-state index is -0.640. The van der Waals surface area contributed by atoms with E-state index in [0.717, 1.165) is 36.1 Å². The van der Waals surface area contributed by atoms with Gasteiger partial charge < -0.3 is 15.7 Å². The lowest BCUT2D eigenvalue weighted by atomic mass is 9.85. The number of aliphatic hydroxyl groups is 1. The van der Waals surface area contributed by atoms with E-state index in [-0.39, 0.29) is 5.82 Å². The Kier molecular flexibility index (Phi) is 6.72. The van der Waals surface area contributed by atoms with Gasteiger partial charge in [0.25, 0.3) is 0 Å². The van der Waals surface area contributed by atoms with Crippen LogP contribution < -0.4 is 10.6 Å². The van der Waals surface area contributed by atoms with Gasteiger partial charge in [0.15, 0.2) is 5.96 Å². The first-order valence-electron chi connectivity index (χ1n) is 8.06. The lowest BCUT2D eigenvalue weighted by molar-refractivity contribution is 0.00859. The minimum absolute atomic E-state index is 0.237. The van der Waals surface area contributed by atoms with E-state index in [9.17, 15) is 9.50 Å². The molecule has 0 bridgehead atoms. The highest BCUT2D eigenvalue weighted by atomic mass is 32.2. The van der Waals surface area contributed by atoms with E-state index in [1.54, 1.807) is 30.9 Å². The average molecular weight is 339 g/mol. The number of halogens is 1. The van der Waals surface area contributed by atoms with Crippen LogP contribution in [-0.2, 0) is 6.54 Å². The molecule has 1 aromatic carbocycles. The highest BCUT2D eigenvalue weighted by molar-refractivity contribution is 7.98. The van der Waals surface area contributed by atoms with Gasteiger partial charge in [-0.2, -0.15) is 0 Å². The van der Waals surface area contributed by atoms with Crippen molar-refractivity contribution < 1.29 is 9.50 Å². The second-order valence-corrected chi connectivity index (χ2v) is 6.87. The second kappa shape index (κ2) is 8.55. The zero-order valence-electron chi connectivity index (χ0n) is 13.9. The number of aliphatic imine (C=N–C) groups is 1. The van der Waals surface area contributed by atoms with Crippen molar-refractivity contribution in [2.45, 2.75) is 49.1 Å². The molecule has 0 aliphatic heterocycles. The highest BCUT2D eigenvalue weighted by Crippen LogP contribution is 2.27. The maximum atomic E-state index is 13.4. The third-order valence-electron chi connectivity index (χ3n) is 4.28. The summed E-state index contributed by atoms with van der Waals surface area (Å²) in [4.78, 5) is 5.22. The van der Waals surface area contributed by atoms with Crippen molar-refractivity contribution in [3.63, 3.8) is 0 Å². The molecule has 0 saturated heterocycles. The Morgan fingerprint density at radius 2 is 2.04 bits per heavy atom. The van der Waals surface area contributed by atoms with Gasteiger partial charge in [-0.1, -0.05) is 19.3 Å². The van der Waals surface area contributed by atoms with Crippen LogP contribution >= 0.6 is 11.8 Å². The first-order valence-corrected chi connectivity index (χ1v) is 9.28. The second-order valence-electron chi connectivity index (χ2n) is 6.02. The quantitative estimate of drug-likeness (QED) is 0.439. The van der Waals surface area contributed by atoms with Gasteiger partial charge in [0.1, 0.15) is 5.82 Å². The fraction of sp³-hybridized carbons (Fsp3) is 0.588. The molecule has 0 aromatic heterocycles. The summed E-state index contributed by atoms with van der Waals surface area (Å²) in [6.07, 6.45) is 6.99. The molecule has 0 radical (unpaired) electrons. The van der Waals surface area contributed by atoms with Crippen LogP contribution in [-0.4, -0.2) is 36.5 Å². The van der Waals surface area contributed by atoms with Crippen molar-refractivity contribution in [1.29, 1.82) is 0 Å². The zero-order valence-corrected chi connectivity index (χ0v) is 14.7. The summed E-state index contributed by atoms with van der Waals surface area (Å²) in [5.74, 6) is 0.388. The van der Waals surface area contributed by atoms with Gasteiger partial charge in [0, 0.05) is 25.0 Å². The van der Waals surface area contributed by atoms with E-state index in [4.69, 9.17) is 0 Å². The minimum Gasteiger partial charge on any atom is -0.388 e. The fourth-order valence-electron chi connectivity index (χ4n) is 2.92. The standard InChI is InChI=1S/C17H26FN3OS/c1-19-16(21-12-17(22)8-4-3-5-9-17)20-11-13-10-14(18)6-7-15(13)23-2/h6-7,10,22H,3-5,8-9,11-12H2,1-2H3,(H2,19,20,21). The molecule has 0 amide bonds. The largest absolute Gasteiger partial charge is 0.388 e. The molecule has 23 heavy (non-hydrogen) atoms. The predicted octanol–water partition coefficient (Wildman–Crippen LogP) is 2.91. The summed E-state index contributed by atoms with van der Waals surface area (Å²) in [7, 11) is 1.70. The van der Waals surface area contributed by atoms with Gasteiger partial charge >= 0.3 is 0 Å². The number of benzene rings is 1. The SMILES string of the molecule is CN=C(NCc1cc(F)ccc1SC)NCC1(O)CCCCC1. The van der Waals surface area contributed by atoms with Crippen LogP contribution in [0.15, 0.2) is 28.1 Å². The summed E-state index contributed by atoms with van der Waals surface area (Å²) in [5.41, 5.74) is 0.260. The molecule has 1 aliphatic carbocycles. The van der Waals surface area contributed by atoms with Crippen LogP contribution in [0.1, 0.15) is 37.7 Å². The third-order valence-corrected chi connectivity index (χ3v) is 5.12. The monoisotopic (exact) mass is 339 g/mol. The number of nitrogens with one attached hydrogen (secondary N) is 2. The Labute approximate surface area is 142 Å². The Morgan fingerprint density at radius 3 is 2.70 bits per heavy atom. The topological polar surface area (TPSA) is 56.7 Å². The molecule has 6 heteroatoms. The predicted molar refractivity (Wildman–Crippen MR) is 94.4 cm³/mol. The zero-order chi connectivity index (χ0) is 16.7. The molecular weight excluding hydrogens is 313 g/mol. The van der Waals surface area contributed by atoms with E-state index in [0.29, 0.717) is 19.0 Å². The summed E-state index contributed by atoms with van der Waals surface area (Å²) in [6, 6.07) is 4.81. The van der Waals surface area contributed by atoms with Crippen molar-refractivity contribution in [2.75, 3.05) is 19.8 Å². The number of hydrogen-bond donors (Lipinski definition) is 3.